The molecule has 0 unspecified atom stereocenters. The average molecular weight is 371 g/mol. The van der Waals surface area contributed by atoms with Gasteiger partial charge in [-0.15, -0.1) is 0 Å². The second-order valence-corrected chi connectivity index (χ2v) is 6.15. The summed E-state index contributed by atoms with van der Waals surface area (Å²) in [4.78, 5) is 20.9. The normalized spacial score (nSPS) is 14.7. The maximum absolute atomic E-state index is 12.8. The molecule has 0 spiro atoms. The molecule has 2 N–H and O–H groups in total. The van der Waals surface area contributed by atoms with Gasteiger partial charge in [-0.3, -0.25) is 4.79 Å². The van der Waals surface area contributed by atoms with E-state index in [1.54, 1.807) is 6.20 Å². The van der Waals surface area contributed by atoms with Crippen molar-refractivity contribution in [2.75, 3.05) is 32.2 Å². The van der Waals surface area contributed by atoms with E-state index in [-0.39, 0.29) is 5.91 Å². The third-order valence-corrected chi connectivity index (χ3v) is 4.35. The van der Waals surface area contributed by atoms with E-state index in [4.69, 9.17) is 14.3 Å². The Bertz CT molecular complexity index is 796. The molecule has 0 aliphatic heterocycles. The van der Waals surface area contributed by atoms with Crippen LogP contribution in [0.25, 0.3) is 0 Å². The van der Waals surface area contributed by atoms with Crippen LogP contribution in [-0.4, -0.2) is 43.5 Å². The van der Waals surface area contributed by atoms with Gasteiger partial charge in [0, 0.05) is 29.7 Å². The number of H-pyrrole nitrogens is 1. The molecule has 27 heavy (non-hydrogen) atoms. The molecular weight excluding hydrogens is 346 g/mol. The van der Waals surface area contributed by atoms with Gasteiger partial charge < -0.3 is 24.6 Å². The number of fused-ring (bicyclic) bond motifs is 1. The molecule has 1 amide bonds. The second kappa shape index (κ2) is 9.23. The zero-order valence-electron chi connectivity index (χ0n) is 15.7. The van der Waals surface area contributed by atoms with Crippen LogP contribution in [0.2, 0.25) is 0 Å². The summed E-state index contributed by atoms with van der Waals surface area (Å²) in [6.45, 7) is 3.67. The van der Waals surface area contributed by atoms with E-state index in [9.17, 15) is 4.79 Å². The maximum atomic E-state index is 12.8. The molecule has 0 bridgehead atoms. The van der Waals surface area contributed by atoms with Crippen LogP contribution in [0.1, 0.15) is 41.4 Å². The van der Waals surface area contributed by atoms with E-state index in [1.165, 1.54) is 7.11 Å². The first-order chi connectivity index (χ1) is 13.2. The third-order valence-electron chi connectivity index (χ3n) is 4.35. The lowest BCUT2D eigenvalue weighted by Crippen LogP contribution is -2.18. The summed E-state index contributed by atoms with van der Waals surface area (Å²) in [7, 11) is 1.52. The smallest absolute Gasteiger partial charge is 0.257 e. The Labute approximate surface area is 158 Å². The fourth-order valence-corrected chi connectivity index (χ4v) is 3.13. The lowest BCUT2D eigenvalue weighted by Gasteiger charge is -2.15. The molecule has 2 aromatic rings. The second-order valence-electron chi connectivity index (χ2n) is 6.15. The van der Waals surface area contributed by atoms with Gasteiger partial charge in [0.25, 0.3) is 5.91 Å². The number of carbonyl (C=O) groups is 1. The first-order valence-electron chi connectivity index (χ1n) is 9.15. The molecule has 7 nitrogen and oxygen atoms in total. The summed E-state index contributed by atoms with van der Waals surface area (Å²) >= 11 is 0. The Hall–Kier alpha value is -2.80. The van der Waals surface area contributed by atoms with Gasteiger partial charge >= 0.3 is 0 Å². The monoisotopic (exact) mass is 371 g/mol. The lowest BCUT2D eigenvalue weighted by atomic mass is 9.93. The van der Waals surface area contributed by atoms with Gasteiger partial charge in [-0.05, 0) is 50.5 Å². The number of aromatic amines is 1. The van der Waals surface area contributed by atoms with Crippen molar-refractivity contribution in [3.8, 4) is 5.75 Å². The minimum atomic E-state index is -0.178. The van der Waals surface area contributed by atoms with Crippen LogP contribution in [0.3, 0.4) is 0 Å². The Morgan fingerprint density at radius 1 is 1.22 bits per heavy atom. The SMILES string of the molecule is CCOCCOc1ccc(NC(=O)c2c[nH]c3c2C(=NOC)CCC3)cc1. The number of oxime groups is 1. The number of hydrogen-bond acceptors (Lipinski definition) is 5. The van der Waals surface area contributed by atoms with E-state index in [2.05, 4.69) is 15.5 Å². The van der Waals surface area contributed by atoms with Crippen LogP contribution in [0.15, 0.2) is 35.6 Å². The van der Waals surface area contributed by atoms with Crippen molar-refractivity contribution in [2.24, 2.45) is 5.16 Å². The average Bonchev–Trinajstić information content (AvgIpc) is 3.12. The van der Waals surface area contributed by atoms with Crippen molar-refractivity contribution in [3.63, 3.8) is 0 Å². The molecule has 1 aliphatic rings. The summed E-state index contributed by atoms with van der Waals surface area (Å²) in [6, 6.07) is 7.28. The van der Waals surface area contributed by atoms with Crippen LogP contribution in [0.4, 0.5) is 5.69 Å². The molecule has 1 aromatic carbocycles. The van der Waals surface area contributed by atoms with Gasteiger partial charge in [0.2, 0.25) is 0 Å². The Morgan fingerprint density at radius 2 is 2.04 bits per heavy atom. The summed E-state index contributed by atoms with van der Waals surface area (Å²) in [5.74, 6) is 0.560. The third kappa shape index (κ3) is 4.68. The van der Waals surface area contributed by atoms with Gasteiger partial charge in [0.1, 0.15) is 19.5 Å². The topological polar surface area (TPSA) is 84.9 Å². The number of hydrogen-bond donors (Lipinski definition) is 2. The zero-order valence-corrected chi connectivity index (χ0v) is 15.7. The highest BCUT2D eigenvalue weighted by Crippen LogP contribution is 2.26. The van der Waals surface area contributed by atoms with Crippen LogP contribution < -0.4 is 10.1 Å². The number of aryl methyl sites for hydroxylation is 1. The number of nitrogens with one attached hydrogen (secondary N) is 2. The maximum Gasteiger partial charge on any atom is 0.257 e. The molecule has 3 rings (SSSR count). The highest BCUT2D eigenvalue weighted by Gasteiger charge is 2.25. The van der Waals surface area contributed by atoms with Crippen molar-refractivity contribution >= 4 is 17.3 Å². The molecule has 7 heteroatoms. The van der Waals surface area contributed by atoms with Crippen molar-refractivity contribution in [1.82, 2.24) is 4.98 Å². The Balaban J connectivity index is 1.66. The number of nitrogens with zero attached hydrogens (tertiary/aromatic N) is 1. The molecule has 1 aliphatic carbocycles. The fourth-order valence-electron chi connectivity index (χ4n) is 3.13. The summed E-state index contributed by atoms with van der Waals surface area (Å²) in [5.41, 5.74) is 3.98. The zero-order chi connectivity index (χ0) is 19.1. The number of amides is 1. The first kappa shape index (κ1) is 19.0. The van der Waals surface area contributed by atoms with E-state index < -0.39 is 0 Å². The molecule has 0 fully saturated rings. The minimum Gasteiger partial charge on any atom is -0.491 e. The van der Waals surface area contributed by atoms with Crippen LogP contribution in [0.5, 0.6) is 5.75 Å². The predicted octanol–water partition coefficient (Wildman–Crippen LogP) is 3.37. The fraction of sp³-hybridized carbons (Fsp3) is 0.400. The van der Waals surface area contributed by atoms with E-state index in [0.29, 0.717) is 31.1 Å². The van der Waals surface area contributed by atoms with E-state index >= 15 is 0 Å². The Kier molecular flexibility index (Phi) is 6.49. The number of anilines is 1. The van der Waals surface area contributed by atoms with Gasteiger partial charge in [-0.1, -0.05) is 5.16 Å². The molecule has 1 heterocycles. The number of benzene rings is 1. The van der Waals surface area contributed by atoms with E-state index in [1.807, 2.05) is 31.2 Å². The summed E-state index contributed by atoms with van der Waals surface area (Å²) < 4.78 is 10.8. The minimum absolute atomic E-state index is 0.178. The number of aromatic nitrogens is 1. The highest BCUT2D eigenvalue weighted by atomic mass is 16.6. The number of carbonyl (C=O) groups excluding carboxylic acids is 1. The largest absolute Gasteiger partial charge is 0.491 e. The molecule has 1 aromatic heterocycles. The molecule has 0 saturated carbocycles. The predicted molar refractivity (Wildman–Crippen MR) is 104 cm³/mol. The molecular formula is C20H25N3O4. The first-order valence-corrected chi connectivity index (χ1v) is 9.15. The molecule has 0 saturated heterocycles. The van der Waals surface area contributed by atoms with Crippen LogP contribution >= 0.6 is 0 Å². The van der Waals surface area contributed by atoms with Crippen molar-refractivity contribution in [3.05, 3.63) is 47.3 Å². The summed E-state index contributed by atoms with van der Waals surface area (Å²) in [5, 5.41) is 7.02. The lowest BCUT2D eigenvalue weighted by molar-refractivity contribution is 0.102. The molecule has 144 valence electrons. The Morgan fingerprint density at radius 3 is 2.78 bits per heavy atom. The van der Waals surface area contributed by atoms with Gasteiger partial charge in [0.05, 0.1) is 17.9 Å². The van der Waals surface area contributed by atoms with Crippen molar-refractivity contribution in [2.45, 2.75) is 26.2 Å². The number of ether oxygens (including phenoxy) is 2. The van der Waals surface area contributed by atoms with Crippen molar-refractivity contribution in [1.29, 1.82) is 0 Å². The van der Waals surface area contributed by atoms with Gasteiger partial charge in [-0.2, -0.15) is 0 Å². The summed E-state index contributed by atoms with van der Waals surface area (Å²) in [6.07, 6.45) is 4.43. The van der Waals surface area contributed by atoms with Crippen LogP contribution in [-0.2, 0) is 16.0 Å². The standard InChI is InChI=1S/C20H25N3O4/c1-3-26-11-12-27-15-9-7-14(8-10-15)22-20(24)16-13-21-17-5-4-6-18(19(16)17)23-25-2/h7-10,13,21H,3-6,11-12H2,1-2H3,(H,22,24). The quantitative estimate of drug-likeness (QED) is 0.550. The molecule has 0 radical (unpaired) electrons. The van der Waals surface area contributed by atoms with Gasteiger partial charge in [-0.25, -0.2) is 0 Å². The van der Waals surface area contributed by atoms with Gasteiger partial charge in [0.15, 0.2) is 0 Å². The van der Waals surface area contributed by atoms with Crippen LogP contribution in [0, 0.1) is 0 Å². The number of rotatable bonds is 8. The molecule has 0 atom stereocenters. The van der Waals surface area contributed by atoms with Crippen molar-refractivity contribution < 1.29 is 19.1 Å². The highest BCUT2D eigenvalue weighted by molar-refractivity contribution is 6.15. The van der Waals surface area contributed by atoms with E-state index in [0.717, 1.165) is 42.0 Å².